The zero-order chi connectivity index (χ0) is 27.4. The SMILES string of the molecule is CC(C)c1cc(C(C)C)c(-c2cc3c4c5c(ncc4n4c6cnc7c(c6c(c2)c34)CCC7)CCC5)c(C(C)C)c1. The van der Waals surface area contributed by atoms with E-state index in [1.165, 1.54) is 101 Å². The van der Waals surface area contributed by atoms with Gasteiger partial charge in [-0.15, -0.1) is 0 Å². The normalized spacial score (nSPS) is 15.3. The molecule has 0 N–H and O–H groups in total. The first-order chi connectivity index (χ1) is 19.3. The molecule has 0 saturated heterocycles. The van der Waals surface area contributed by atoms with E-state index in [1.54, 1.807) is 0 Å². The van der Waals surface area contributed by atoms with Crippen LogP contribution in [0.5, 0.6) is 0 Å². The fourth-order valence-electron chi connectivity index (χ4n) is 8.00. The van der Waals surface area contributed by atoms with E-state index in [-0.39, 0.29) is 0 Å². The monoisotopic (exact) mass is 525 g/mol. The topological polar surface area (TPSA) is 30.2 Å². The third kappa shape index (κ3) is 3.18. The van der Waals surface area contributed by atoms with Crippen LogP contribution in [0.1, 0.15) is 111 Å². The van der Waals surface area contributed by atoms with Crippen LogP contribution >= 0.6 is 0 Å². The van der Waals surface area contributed by atoms with Crippen LogP contribution in [0, 0.1) is 0 Å². The molecule has 0 unspecified atom stereocenters. The summed E-state index contributed by atoms with van der Waals surface area (Å²) in [6, 6.07) is 10.1. The highest BCUT2D eigenvalue weighted by Gasteiger charge is 2.28. The van der Waals surface area contributed by atoms with Crippen LogP contribution in [-0.4, -0.2) is 14.4 Å². The summed E-state index contributed by atoms with van der Waals surface area (Å²) in [4.78, 5) is 10.00. The minimum Gasteiger partial charge on any atom is -0.305 e. The molecule has 2 aromatic carbocycles. The van der Waals surface area contributed by atoms with Crippen molar-refractivity contribution in [1.82, 2.24) is 14.4 Å². The summed E-state index contributed by atoms with van der Waals surface area (Å²) >= 11 is 0. The molecular weight excluding hydrogens is 486 g/mol. The quantitative estimate of drug-likeness (QED) is 0.229. The minimum atomic E-state index is 0.450. The van der Waals surface area contributed by atoms with Crippen LogP contribution in [0.15, 0.2) is 36.7 Å². The standard InChI is InChI=1S/C37H39N3/c1-19(2)22-13-26(20(3)4)34(27(14-22)21(5)6)23-15-28-35-24-9-7-11-30(24)38-17-32(35)40-33-18-39-31-12-8-10-25(31)36(33)29(16-23)37(28)40/h13-21H,7-12H2,1-6H3. The average molecular weight is 526 g/mol. The van der Waals surface area contributed by atoms with E-state index in [1.807, 2.05) is 0 Å². The Morgan fingerprint density at radius 2 is 1.12 bits per heavy atom. The van der Waals surface area contributed by atoms with Crippen molar-refractivity contribution in [3.63, 3.8) is 0 Å². The van der Waals surface area contributed by atoms with Crippen molar-refractivity contribution < 1.29 is 0 Å². The number of rotatable bonds is 4. The van der Waals surface area contributed by atoms with Crippen molar-refractivity contribution in [1.29, 1.82) is 0 Å². The van der Waals surface area contributed by atoms with Crippen molar-refractivity contribution in [3.05, 3.63) is 75.9 Å². The molecule has 0 amide bonds. The van der Waals surface area contributed by atoms with Gasteiger partial charge in [0.1, 0.15) is 0 Å². The molecule has 0 atom stereocenters. The largest absolute Gasteiger partial charge is 0.305 e. The summed E-state index contributed by atoms with van der Waals surface area (Å²) in [5, 5.41) is 5.68. The fraction of sp³-hybridized carbons (Fsp3) is 0.405. The number of pyridine rings is 2. The molecule has 0 spiro atoms. The molecule has 6 aromatic rings. The van der Waals surface area contributed by atoms with Crippen molar-refractivity contribution in [2.24, 2.45) is 0 Å². The van der Waals surface area contributed by atoms with Gasteiger partial charge in [-0.05, 0) is 107 Å². The Morgan fingerprint density at radius 1 is 0.625 bits per heavy atom. The molecule has 4 heterocycles. The Hall–Kier alpha value is -3.46. The van der Waals surface area contributed by atoms with Gasteiger partial charge in [0.15, 0.2) is 0 Å². The van der Waals surface area contributed by atoms with Gasteiger partial charge in [0.05, 0.1) is 28.9 Å². The third-order valence-corrected chi connectivity index (χ3v) is 9.95. The van der Waals surface area contributed by atoms with Crippen LogP contribution in [0.25, 0.3) is 49.2 Å². The minimum absolute atomic E-state index is 0.450. The lowest BCUT2D eigenvalue weighted by Gasteiger charge is -2.23. The van der Waals surface area contributed by atoms with Gasteiger partial charge in [-0.2, -0.15) is 0 Å². The maximum absolute atomic E-state index is 5.00. The Labute approximate surface area is 237 Å². The second kappa shape index (κ2) is 8.52. The zero-order valence-corrected chi connectivity index (χ0v) is 24.8. The molecule has 0 radical (unpaired) electrons. The van der Waals surface area contributed by atoms with E-state index < -0.39 is 0 Å². The van der Waals surface area contributed by atoms with E-state index in [0.29, 0.717) is 17.8 Å². The molecular formula is C37H39N3. The lowest BCUT2D eigenvalue weighted by atomic mass is 9.81. The van der Waals surface area contributed by atoms with Crippen LogP contribution < -0.4 is 0 Å². The number of benzene rings is 2. The van der Waals surface area contributed by atoms with Crippen molar-refractivity contribution >= 4 is 38.1 Å². The Morgan fingerprint density at radius 3 is 1.57 bits per heavy atom. The molecule has 8 rings (SSSR count). The summed E-state index contributed by atoms with van der Waals surface area (Å²) in [5.74, 6) is 1.41. The smallest absolute Gasteiger partial charge is 0.0728 e. The van der Waals surface area contributed by atoms with Crippen molar-refractivity contribution in [2.75, 3.05) is 0 Å². The van der Waals surface area contributed by atoms with Gasteiger partial charge < -0.3 is 4.40 Å². The molecule has 2 aliphatic rings. The summed E-state index contributed by atoms with van der Waals surface area (Å²) < 4.78 is 2.50. The van der Waals surface area contributed by atoms with E-state index >= 15 is 0 Å². The van der Waals surface area contributed by atoms with E-state index in [2.05, 4.69) is 82.6 Å². The second-order valence-electron chi connectivity index (χ2n) is 13.4. The average Bonchev–Trinajstić information content (AvgIpc) is 3.71. The van der Waals surface area contributed by atoms with Gasteiger partial charge >= 0.3 is 0 Å². The molecule has 3 heteroatoms. The molecule has 2 aliphatic carbocycles. The Kier molecular flexibility index (Phi) is 5.19. The van der Waals surface area contributed by atoms with Gasteiger partial charge in [0.2, 0.25) is 0 Å². The molecule has 0 aliphatic heterocycles. The van der Waals surface area contributed by atoms with Crippen LogP contribution in [-0.2, 0) is 25.7 Å². The summed E-state index contributed by atoms with van der Waals surface area (Å²) in [6.45, 7) is 14.1. The summed E-state index contributed by atoms with van der Waals surface area (Å²) in [6.07, 6.45) is 11.2. The number of aromatic nitrogens is 3. The van der Waals surface area contributed by atoms with Gasteiger partial charge in [-0.1, -0.05) is 53.7 Å². The summed E-state index contributed by atoms with van der Waals surface area (Å²) in [7, 11) is 0. The Balaban J connectivity index is 1.58. The molecule has 202 valence electrons. The lowest BCUT2D eigenvalue weighted by Crippen LogP contribution is -2.03. The van der Waals surface area contributed by atoms with Crippen molar-refractivity contribution in [3.8, 4) is 11.1 Å². The maximum atomic E-state index is 5.00. The Bertz CT molecular complexity index is 1850. The van der Waals surface area contributed by atoms with Crippen LogP contribution in [0.2, 0.25) is 0 Å². The number of hydrogen-bond donors (Lipinski definition) is 0. The zero-order valence-electron chi connectivity index (χ0n) is 24.8. The first-order valence-electron chi connectivity index (χ1n) is 15.5. The number of fused-ring (bicyclic) bond motifs is 10. The van der Waals surface area contributed by atoms with Gasteiger partial charge in [-0.25, -0.2) is 0 Å². The molecule has 3 nitrogen and oxygen atoms in total. The van der Waals surface area contributed by atoms with E-state index in [4.69, 9.17) is 9.97 Å². The third-order valence-electron chi connectivity index (χ3n) is 9.95. The van der Waals surface area contributed by atoms with Gasteiger partial charge in [-0.3, -0.25) is 9.97 Å². The second-order valence-corrected chi connectivity index (χ2v) is 13.4. The highest BCUT2D eigenvalue weighted by molar-refractivity contribution is 6.25. The highest BCUT2D eigenvalue weighted by atomic mass is 14.9. The molecule has 0 fully saturated rings. The predicted octanol–water partition coefficient (Wildman–Crippen LogP) is 9.64. The first kappa shape index (κ1) is 24.3. The van der Waals surface area contributed by atoms with E-state index in [9.17, 15) is 0 Å². The van der Waals surface area contributed by atoms with Gasteiger partial charge in [0, 0.05) is 32.9 Å². The van der Waals surface area contributed by atoms with E-state index in [0.717, 1.165) is 25.7 Å². The maximum Gasteiger partial charge on any atom is 0.0728 e. The van der Waals surface area contributed by atoms with Crippen molar-refractivity contribution in [2.45, 2.75) is 97.8 Å². The number of nitrogens with zero attached hydrogens (tertiary/aromatic N) is 3. The molecule has 40 heavy (non-hydrogen) atoms. The lowest BCUT2D eigenvalue weighted by molar-refractivity contribution is 0.807. The van der Waals surface area contributed by atoms with Crippen LogP contribution in [0.3, 0.4) is 0 Å². The number of hydrogen-bond acceptors (Lipinski definition) is 2. The molecule has 0 saturated carbocycles. The summed E-state index contributed by atoms with van der Waals surface area (Å²) in [5.41, 5.74) is 16.7. The fourth-order valence-corrected chi connectivity index (χ4v) is 8.00. The molecule has 4 aromatic heterocycles. The highest BCUT2D eigenvalue weighted by Crippen LogP contribution is 2.48. The first-order valence-corrected chi connectivity index (χ1v) is 15.5. The predicted molar refractivity (Wildman–Crippen MR) is 168 cm³/mol. The molecule has 0 bridgehead atoms. The van der Waals surface area contributed by atoms with Crippen LogP contribution in [0.4, 0.5) is 0 Å². The van der Waals surface area contributed by atoms with Gasteiger partial charge in [0.25, 0.3) is 0 Å². The number of aryl methyl sites for hydroxylation is 4.